The number of nitrogens with one attached hydrogen (secondary N) is 4. The Kier molecular flexibility index (Phi) is 22.7. The fourth-order valence-electron chi connectivity index (χ4n) is 3.51. The molecule has 50 heavy (non-hydrogen) atoms. The Morgan fingerprint density at radius 3 is 1.20 bits per heavy atom. The number of aliphatic hydroxyl groups is 2. The molecule has 0 radical (unpaired) electrons. The molecule has 4 amide bonds. The Balaban J connectivity index is 4.01. The first-order chi connectivity index (χ1) is 23.3. The summed E-state index contributed by atoms with van der Waals surface area (Å²) >= 11 is 0. The van der Waals surface area contributed by atoms with Crippen LogP contribution in [0.25, 0.3) is 0 Å². The van der Waals surface area contributed by atoms with Crippen molar-refractivity contribution in [2.24, 2.45) is 10.8 Å². The number of hydrogen-bond acceptors (Lipinski definition) is 14. The minimum atomic E-state index is -1.54. The molecule has 0 aliphatic rings. The Hall–Kier alpha value is -3.62. The average Bonchev–Trinajstić information content (AvgIpc) is 3.04. The predicted molar refractivity (Wildman–Crippen MR) is 181 cm³/mol. The number of ether oxygens (including phenoxy) is 2. The normalized spacial score (nSPS) is 12.5. The largest absolute Gasteiger partial charge is 0.481 e. The van der Waals surface area contributed by atoms with Gasteiger partial charge in [-0.3, -0.25) is 38.4 Å². The van der Waals surface area contributed by atoms with Gasteiger partial charge in [0.05, 0.1) is 38.9 Å². The molecular weight excluding hydrogens is 704 g/mol. The van der Waals surface area contributed by atoms with Gasteiger partial charge in [0.1, 0.15) is 12.2 Å². The summed E-state index contributed by atoms with van der Waals surface area (Å²) in [6, 6.07) is 0. The van der Waals surface area contributed by atoms with Crippen LogP contribution in [0.1, 0.15) is 66.2 Å². The first-order valence-electron chi connectivity index (χ1n) is 15.7. The summed E-state index contributed by atoms with van der Waals surface area (Å²) in [5.41, 5.74) is -2.31. The van der Waals surface area contributed by atoms with E-state index in [1.807, 2.05) is 0 Å². The molecule has 0 aliphatic carbocycles. The zero-order valence-corrected chi connectivity index (χ0v) is 30.4. The molecule has 0 fully saturated rings. The Bertz CT molecular complexity index is 1080. The number of amides is 4. The SMILES string of the molecule is CC(C)(COC(=O)CCC(=O)O)[C@@H](O)C(=O)NCCC(=O)NCCSSCCNC(=O)CCNC(=O)[C@H](O)C(C)(C)COC(=O)CCC(=O)O. The molecule has 8 N–H and O–H groups in total. The number of carbonyl (C=O) groups is 8. The number of rotatable bonds is 27. The lowest BCUT2D eigenvalue weighted by Crippen LogP contribution is -2.47. The van der Waals surface area contributed by atoms with Crippen molar-refractivity contribution in [2.45, 2.75) is 78.4 Å². The van der Waals surface area contributed by atoms with Crippen LogP contribution in [0.5, 0.6) is 0 Å². The van der Waals surface area contributed by atoms with Crippen LogP contribution >= 0.6 is 21.6 Å². The van der Waals surface area contributed by atoms with E-state index in [0.29, 0.717) is 24.6 Å². The van der Waals surface area contributed by atoms with Gasteiger partial charge in [0.2, 0.25) is 23.6 Å². The maximum atomic E-state index is 12.3. The third kappa shape index (κ3) is 22.2. The number of carboxylic acid groups (broad SMARTS) is 2. The topological polar surface area (TPSA) is 284 Å². The molecule has 0 aromatic rings. The van der Waals surface area contributed by atoms with Gasteiger partial charge in [-0.1, -0.05) is 49.3 Å². The molecule has 20 heteroatoms. The molecule has 0 heterocycles. The van der Waals surface area contributed by atoms with Crippen molar-refractivity contribution >= 4 is 69.1 Å². The van der Waals surface area contributed by atoms with Crippen molar-refractivity contribution in [1.29, 1.82) is 0 Å². The average molecular weight is 755 g/mol. The summed E-state index contributed by atoms with van der Waals surface area (Å²) in [5, 5.41) is 48.1. The van der Waals surface area contributed by atoms with Crippen molar-refractivity contribution in [1.82, 2.24) is 21.3 Å². The quantitative estimate of drug-likeness (QED) is 0.0290. The molecule has 0 rings (SSSR count). The molecule has 0 saturated carbocycles. The summed E-state index contributed by atoms with van der Waals surface area (Å²) in [6.45, 7) is 6.03. The second-order valence-corrected chi connectivity index (χ2v) is 15.0. The molecule has 0 unspecified atom stereocenters. The van der Waals surface area contributed by atoms with E-state index in [4.69, 9.17) is 19.7 Å². The van der Waals surface area contributed by atoms with Crippen molar-refractivity contribution < 1.29 is 68.3 Å². The maximum Gasteiger partial charge on any atom is 0.306 e. The number of carboxylic acids is 2. The van der Waals surface area contributed by atoms with Crippen molar-refractivity contribution in [3.8, 4) is 0 Å². The number of carbonyl (C=O) groups excluding carboxylic acids is 6. The maximum absolute atomic E-state index is 12.3. The Labute approximate surface area is 298 Å². The Morgan fingerprint density at radius 1 is 0.540 bits per heavy atom. The molecule has 0 aromatic carbocycles. The minimum absolute atomic E-state index is 0.0321. The molecule has 286 valence electrons. The predicted octanol–water partition coefficient (Wildman–Crippen LogP) is -0.797. The molecule has 0 saturated heterocycles. The first kappa shape index (κ1) is 46.4. The number of aliphatic carboxylic acids is 2. The van der Waals surface area contributed by atoms with Gasteiger partial charge in [-0.15, -0.1) is 0 Å². The highest BCUT2D eigenvalue weighted by atomic mass is 33.1. The van der Waals surface area contributed by atoms with Crippen LogP contribution < -0.4 is 21.3 Å². The van der Waals surface area contributed by atoms with E-state index in [1.54, 1.807) is 0 Å². The molecular formula is C30H50N4O14S2. The molecule has 0 bridgehead atoms. The summed E-state index contributed by atoms with van der Waals surface area (Å²) in [4.78, 5) is 92.9. The smallest absolute Gasteiger partial charge is 0.306 e. The zero-order valence-electron chi connectivity index (χ0n) is 28.7. The summed E-state index contributed by atoms with van der Waals surface area (Å²) in [7, 11) is 2.94. The van der Waals surface area contributed by atoms with E-state index >= 15 is 0 Å². The highest BCUT2D eigenvalue weighted by Gasteiger charge is 2.36. The molecule has 0 aromatic heterocycles. The third-order valence-corrected chi connectivity index (χ3v) is 9.08. The van der Waals surface area contributed by atoms with E-state index in [1.165, 1.54) is 49.3 Å². The number of aliphatic hydroxyl groups excluding tert-OH is 2. The highest BCUT2D eigenvalue weighted by molar-refractivity contribution is 8.76. The van der Waals surface area contributed by atoms with Crippen LogP contribution in [-0.4, -0.2) is 131 Å². The highest BCUT2D eigenvalue weighted by Crippen LogP contribution is 2.23. The van der Waals surface area contributed by atoms with Gasteiger partial charge in [-0.2, -0.15) is 0 Å². The van der Waals surface area contributed by atoms with Gasteiger partial charge < -0.3 is 51.2 Å². The van der Waals surface area contributed by atoms with E-state index in [0.717, 1.165) is 0 Å². The number of hydrogen-bond donors (Lipinski definition) is 8. The van der Waals surface area contributed by atoms with E-state index < -0.39 is 71.6 Å². The van der Waals surface area contributed by atoms with Crippen molar-refractivity contribution in [2.75, 3.05) is 50.9 Å². The lowest BCUT2D eigenvalue weighted by molar-refractivity contribution is -0.155. The van der Waals surface area contributed by atoms with Crippen LogP contribution in [-0.2, 0) is 47.8 Å². The minimum Gasteiger partial charge on any atom is -0.481 e. The van der Waals surface area contributed by atoms with Gasteiger partial charge in [-0.05, 0) is 0 Å². The third-order valence-electron chi connectivity index (χ3n) is 6.67. The van der Waals surface area contributed by atoms with Crippen molar-refractivity contribution in [3.05, 3.63) is 0 Å². The van der Waals surface area contributed by atoms with Crippen LogP contribution in [0.15, 0.2) is 0 Å². The molecule has 18 nitrogen and oxygen atoms in total. The summed E-state index contributed by atoms with van der Waals surface area (Å²) in [6.07, 6.45) is -4.59. The zero-order chi connectivity index (χ0) is 38.3. The van der Waals surface area contributed by atoms with Gasteiger partial charge in [0.25, 0.3) is 0 Å². The summed E-state index contributed by atoms with van der Waals surface area (Å²) < 4.78 is 9.91. The van der Waals surface area contributed by atoms with E-state index in [-0.39, 0.29) is 63.8 Å². The second-order valence-electron chi connectivity index (χ2n) is 12.3. The second kappa shape index (κ2) is 24.5. The fourth-order valence-corrected chi connectivity index (χ4v) is 5.33. The van der Waals surface area contributed by atoms with Gasteiger partial charge in [0.15, 0.2) is 0 Å². The van der Waals surface area contributed by atoms with Crippen LogP contribution in [0, 0.1) is 10.8 Å². The van der Waals surface area contributed by atoms with Gasteiger partial charge >= 0.3 is 23.9 Å². The van der Waals surface area contributed by atoms with Crippen LogP contribution in [0.3, 0.4) is 0 Å². The van der Waals surface area contributed by atoms with Crippen molar-refractivity contribution in [3.63, 3.8) is 0 Å². The molecule has 2 atom stereocenters. The van der Waals surface area contributed by atoms with Crippen LogP contribution in [0.4, 0.5) is 0 Å². The summed E-state index contributed by atoms with van der Waals surface area (Å²) in [5.74, 6) is -4.81. The van der Waals surface area contributed by atoms with Gasteiger partial charge in [0, 0.05) is 61.4 Å². The Morgan fingerprint density at radius 2 is 0.880 bits per heavy atom. The van der Waals surface area contributed by atoms with E-state index in [2.05, 4.69) is 21.3 Å². The lowest BCUT2D eigenvalue weighted by Gasteiger charge is -2.29. The molecule has 0 spiro atoms. The standard InChI is InChI=1S/C30H50N4O14S2/c1-29(2,17-47-23(41)7-5-21(37)38)25(43)27(45)33-11-9-19(35)31-13-15-49-50-16-14-32-20(36)10-12-34-28(46)26(44)30(3,4)18-48-24(42)8-6-22(39)40/h25-26,43-44H,5-18H2,1-4H3,(H,31,35)(H,32,36)(H,33,45)(H,34,46)(H,37,38)(H,39,40)/t25-,26-/m0/s1. The van der Waals surface area contributed by atoms with Crippen LogP contribution in [0.2, 0.25) is 0 Å². The van der Waals surface area contributed by atoms with Gasteiger partial charge in [-0.25, -0.2) is 0 Å². The first-order valence-corrected chi connectivity index (χ1v) is 18.2. The van der Waals surface area contributed by atoms with E-state index in [9.17, 15) is 48.6 Å². The lowest BCUT2D eigenvalue weighted by atomic mass is 9.87. The molecule has 0 aliphatic heterocycles. The number of esters is 2. The fraction of sp³-hybridized carbons (Fsp3) is 0.733. The monoisotopic (exact) mass is 754 g/mol.